The van der Waals surface area contributed by atoms with E-state index in [2.05, 4.69) is 38.4 Å². The molecule has 4 aromatic rings. The Bertz CT molecular complexity index is 1460. The summed E-state index contributed by atoms with van der Waals surface area (Å²) < 4.78 is 5.18. The predicted octanol–water partition coefficient (Wildman–Crippen LogP) is 5.20. The number of urea groups is 1. The Labute approximate surface area is 214 Å². The van der Waals surface area contributed by atoms with Crippen molar-refractivity contribution in [2.45, 2.75) is 13.3 Å². The molecule has 36 heavy (non-hydrogen) atoms. The van der Waals surface area contributed by atoms with E-state index in [1.807, 2.05) is 47.4 Å². The van der Waals surface area contributed by atoms with Gasteiger partial charge in [-0.2, -0.15) is 4.98 Å². The summed E-state index contributed by atoms with van der Waals surface area (Å²) >= 11 is 6.68. The summed E-state index contributed by atoms with van der Waals surface area (Å²) in [6.45, 7) is 6.19. The summed E-state index contributed by atoms with van der Waals surface area (Å²) in [5.41, 5.74) is 4.61. The molecule has 0 spiro atoms. The monoisotopic (exact) mass is 502 g/mol. The summed E-state index contributed by atoms with van der Waals surface area (Å²) in [4.78, 5) is 24.3. The molecule has 3 aromatic carbocycles. The molecule has 2 amide bonds. The van der Waals surface area contributed by atoms with Crippen LogP contribution in [-0.4, -0.2) is 60.8 Å². The first kappa shape index (κ1) is 22.8. The van der Waals surface area contributed by atoms with Crippen LogP contribution in [0.1, 0.15) is 11.5 Å². The van der Waals surface area contributed by atoms with Crippen molar-refractivity contribution in [1.82, 2.24) is 15.0 Å². The van der Waals surface area contributed by atoms with Gasteiger partial charge in [0.25, 0.3) is 0 Å². The molecule has 2 aliphatic rings. The van der Waals surface area contributed by atoms with Crippen LogP contribution in [0.5, 0.6) is 0 Å². The summed E-state index contributed by atoms with van der Waals surface area (Å²) in [5.74, 6) is 1.04. The predicted molar refractivity (Wildman–Crippen MR) is 143 cm³/mol. The van der Waals surface area contributed by atoms with E-state index in [1.165, 1.54) is 0 Å². The van der Waals surface area contributed by atoms with Crippen molar-refractivity contribution in [3.05, 3.63) is 65.0 Å². The van der Waals surface area contributed by atoms with Gasteiger partial charge in [-0.1, -0.05) is 47.1 Å². The van der Waals surface area contributed by atoms with Crippen LogP contribution in [0.2, 0.25) is 5.02 Å². The Kier molecular flexibility index (Phi) is 5.78. The molecule has 1 N–H and O–H groups in total. The largest absolute Gasteiger partial charge is 0.368 e. The molecule has 1 fully saturated rings. The smallest absolute Gasteiger partial charge is 0.326 e. The second-order valence-electron chi connectivity index (χ2n) is 9.40. The number of hydrogen-bond donors (Lipinski definition) is 1. The minimum atomic E-state index is -0.159. The highest BCUT2D eigenvalue weighted by atomic mass is 35.5. The number of halogens is 1. The molecule has 0 radical (unpaired) electrons. The highest BCUT2D eigenvalue weighted by Crippen LogP contribution is 2.39. The fourth-order valence-corrected chi connectivity index (χ4v) is 5.41. The number of nitrogens with one attached hydrogen (secondary N) is 1. The lowest BCUT2D eigenvalue weighted by atomic mass is 10.0. The molecular weight excluding hydrogens is 476 g/mol. The third-order valence-corrected chi connectivity index (χ3v) is 7.37. The number of benzene rings is 3. The van der Waals surface area contributed by atoms with Gasteiger partial charge in [0.15, 0.2) is 0 Å². The van der Waals surface area contributed by atoms with E-state index < -0.39 is 0 Å². The van der Waals surface area contributed by atoms with E-state index in [0.717, 1.165) is 76.6 Å². The van der Waals surface area contributed by atoms with Gasteiger partial charge in [0.1, 0.15) is 0 Å². The van der Waals surface area contributed by atoms with Gasteiger partial charge in [-0.25, -0.2) is 4.79 Å². The van der Waals surface area contributed by atoms with Crippen molar-refractivity contribution >= 4 is 45.5 Å². The van der Waals surface area contributed by atoms with Crippen molar-refractivity contribution in [1.29, 1.82) is 0 Å². The zero-order valence-corrected chi connectivity index (χ0v) is 21.0. The second-order valence-corrected chi connectivity index (χ2v) is 9.80. The minimum absolute atomic E-state index is 0.159. The number of hydrogen-bond acceptors (Lipinski definition) is 6. The van der Waals surface area contributed by atoms with Gasteiger partial charge in [0, 0.05) is 50.6 Å². The SMILES string of the molecule is Cc1nc(-c2cccc3c(NC(=O)N4CCc5cc(Cl)c(N6CCN(C)CC6)cc54)cccc23)no1. The number of aromatic nitrogens is 2. The van der Waals surface area contributed by atoms with Crippen molar-refractivity contribution < 1.29 is 9.32 Å². The Morgan fingerprint density at radius 1 is 1.00 bits per heavy atom. The highest BCUT2D eigenvalue weighted by Gasteiger charge is 2.28. The molecule has 6 rings (SSSR count). The molecule has 3 heterocycles. The van der Waals surface area contributed by atoms with Gasteiger partial charge in [0.2, 0.25) is 11.7 Å². The molecule has 1 saturated heterocycles. The number of rotatable bonds is 3. The molecule has 0 unspecified atom stereocenters. The van der Waals surface area contributed by atoms with Gasteiger partial charge in [-0.15, -0.1) is 0 Å². The molecule has 0 atom stereocenters. The van der Waals surface area contributed by atoms with E-state index in [4.69, 9.17) is 16.1 Å². The number of amides is 2. The Morgan fingerprint density at radius 2 is 1.78 bits per heavy atom. The maximum absolute atomic E-state index is 13.5. The van der Waals surface area contributed by atoms with Gasteiger partial charge < -0.3 is 19.6 Å². The van der Waals surface area contributed by atoms with Crippen LogP contribution in [-0.2, 0) is 6.42 Å². The summed E-state index contributed by atoms with van der Waals surface area (Å²) in [7, 11) is 2.13. The first-order valence-corrected chi connectivity index (χ1v) is 12.5. The first-order chi connectivity index (χ1) is 17.5. The van der Waals surface area contributed by atoms with E-state index in [0.29, 0.717) is 18.3 Å². The number of likely N-dealkylation sites (N-methyl/N-ethyl adjacent to an activating group) is 1. The molecule has 0 bridgehead atoms. The zero-order chi connectivity index (χ0) is 24.8. The van der Waals surface area contributed by atoms with Crippen molar-refractivity contribution in [3.63, 3.8) is 0 Å². The average Bonchev–Trinajstić information content (AvgIpc) is 3.50. The molecule has 9 heteroatoms. The van der Waals surface area contributed by atoms with E-state index in [-0.39, 0.29) is 6.03 Å². The number of carbonyl (C=O) groups excluding carboxylic acids is 1. The number of carbonyl (C=O) groups is 1. The van der Waals surface area contributed by atoms with Gasteiger partial charge in [0.05, 0.1) is 22.1 Å². The summed E-state index contributed by atoms with van der Waals surface area (Å²) in [5, 5.41) is 9.83. The fourth-order valence-electron chi connectivity index (χ4n) is 5.10. The molecule has 184 valence electrons. The van der Waals surface area contributed by atoms with Gasteiger partial charge in [-0.3, -0.25) is 4.90 Å². The first-order valence-electron chi connectivity index (χ1n) is 12.1. The van der Waals surface area contributed by atoms with E-state index >= 15 is 0 Å². The number of nitrogens with zero attached hydrogens (tertiary/aromatic N) is 5. The molecular formula is C27H27ClN6O2. The Balaban J connectivity index is 1.29. The molecule has 1 aromatic heterocycles. The number of piperazine rings is 1. The lowest BCUT2D eigenvalue weighted by Crippen LogP contribution is -2.44. The standard InChI is InChI=1S/C27H27ClN6O2/c1-17-29-26(31-36-17)21-7-3-6-20-19(21)5-4-8-23(20)30-27(35)34-10-9-18-15-22(28)25(16-24(18)34)33-13-11-32(2)12-14-33/h3-8,15-16H,9-14H2,1-2H3,(H,30,35). The van der Waals surface area contributed by atoms with Crippen LogP contribution >= 0.6 is 11.6 Å². The molecule has 0 aliphatic carbocycles. The highest BCUT2D eigenvalue weighted by molar-refractivity contribution is 6.33. The number of fused-ring (bicyclic) bond motifs is 2. The van der Waals surface area contributed by atoms with Crippen LogP contribution in [0.3, 0.4) is 0 Å². The normalized spacial score (nSPS) is 16.0. The lowest BCUT2D eigenvalue weighted by Gasteiger charge is -2.35. The van der Waals surface area contributed by atoms with Gasteiger partial charge >= 0.3 is 6.03 Å². The maximum Gasteiger partial charge on any atom is 0.326 e. The van der Waals surface area contributed by atoms with Gasteiger partial charge in [-0.05, 0) is 42.6 Å². The molecule has 2 aliphatic heterocycles. The van der Waals surface area contributed by atoms with Crippen molar-refractivity contribution in [3.8, 4) is 11.4 Å². The van der Waals surface area contributed by atoms with Crippen LogP contribution < -0.4 is 15.1 Å². The van der Waals surface area contributed by atoms with Crippen LogP contribution in [0, 0.1) is 6.92 Å². The topological polar surface area (TPSA) is 77.7 Å². The zero-order valence-electron chi connectivity index (χ0n) is 20.3. The molecule has 0 saturated carbocycles. The third-order valence-electron chi connectivity index (χ3n) is 7.06. The quantitative estimate of drug-likeness (QED) is 0.415. The Hall–Kier alpha value is -3.62. The molecule has 8 nitrogen and oxygen atoms in total. The van der Waals surface area contributed by atoms with Crippen molar-refractivity contribution in [2.75, 3.05) is 54.9 Å². The van der Waals surface area contributed by atoms with Crippen LogP contribution in [0.25, 0.3) is 22.2 Å². The van der Waals surface area contributed by atoms with Crippen LogP contribution in [0.4, 0.5) is 21.9 Å². The fraction of sp³-hybridized carbons (Fsp3) is 0.296. The average molecular weight is 503 g/mol. The van der Waals surface area contributed by atoms with E-state index in [9.17, 15) is 4.79 Å². The van der Waals surface area contributed by atoms with Crippen molar-refractivity contribution in [2.24, 2.45) is 0 Å². The number of anilines is 3. The minimum Gasteiger partial charge on any atom is -0.368 e. The third kappa shape index (κ3) is 4.06. The second kappa shape index (κ2) is 9.11. The van der Waals surface area contributed by atoms with Crippen LogP contribution in [0.15, 0.2) is 53.1 Å². The summed E-state index contributed by atoms with van der Waals surface area (Å²) in [6, 6.07) is 15.7. The lowest BCUT2D eigenvalue weighted by molar-refractivity contribution is 0.257. The van der Waals surface area contributed by atoms with E-state index in [1.54, 1.807) is 6.92 Å². The summed E-state index contributed by atoms with van der Waals surface area (Å²) in [6.07, 6.45) is 0.780. The Morgan fingerprint density at radius 3 is 2.56 bits per heavy atom. The number of aryl methyl sites for hydroxylation is 1. The maximum atomic E-state index is 13.5.